The number of carbonyl (C=O) groups is 1. The topological polar surface area (TPSA) is 216 Å². The van der Waals surface area contributed by atoms with Gasteiger partial charge in [-0.1, -0.05) is 0 Å². The second kappa shape index (κ2) is 9.82. The van der Waals surface area contributed by atoms with E-state index >= 15 is 0 Å². The molecule has 2 aliphatic heterocycles. The van der Waals surface area contributed by atoms with E-state index in [2.05, 4.69) is 0 Å². The third-order valence-electron chi connectivity index (χ3n) is 5.20. The standard InChI is InChI=1S/C17H28O13/c1-6(15(25)26)7(2)27-4-9-10(20)12(22)13(23)16(28-9)30-17(5-19)14(24)11(21)8(3-18)29-17/h8-14,16,18-24H,3-5H2,1-2H3,(H,25,26)/t8-,9-,10-,11-,12+,13-,14+,16-,17+/m1/s1. The molecule has 0 aromatic rings. The molecule has 2 heterocycles. The van der Waals surface area contributed by atoms with E-state index in [-0.39, 0.29) is 11.3 Å². The molecule has 8 N–H and O–H groups in total. The largest absolute Gasteiger partial charge is 0.495 e. The zero-order valence-electron chi connectivity index (χ0n) is 16.4. The minimum Gasteiger partial charge on any atom is -0.495 e. The second-order valence-electron chi connectivity index (χ2n) is 7.17. The van der Waals surface area contributed by atoms with Crippen molar-refractivity contribution in [3.63, 3.8) is 0 Å². The highest BCUT2D eigenvalue weighted by Gasteiger charge is 2.58. The first-order valence-corrected chi connectivity index (χ1v) is 9.15. The van der Waals surface area contributed by atoms with Gasteiger partial charge in [0, 0.05) is 0 Å². The van der Waals surface area contributed by atoms with Gasteiger partial charge in [-0.3, -0.25) is 0 Å². The summed E-state index contributed by atoms with van der Waals surface area (Å²) in [5, 5.41) is 78.4. The minimum absolute atomic E-state index is 0.0201. The molecule has 174 valence electrons. The Bertz CT molecular complexity index is 639. The van der Waals surface area contributed by atoms with E-state index in [1.54, 1.807) is 0 Å². The summed E-state index contributed by atoms with van der Waals surface area (Å²) in [6.07, 6.45) is -13.1. The lowest BCUT2D eigenvalue weighted by Crippen LogP contribution is -2.62. The van der Waals surface area contributed by atoms with Crippen LogP contribution in [0.25, 0.3) is 0 Å². The molecule has 13 heteroatoms. The number of aliphatic carboxylic acids is 1. The molecule has 13 nitrogen and oxygen atoms in total. The number of aliphatic hydroxyl groups is 7. The zero-order valence-corrected chi connectivity index (χ0v) is 16.4. The first kappa shape index (κ1) is 24.9. The number of carboxylic acid groups (broad SMARTS) is 1. The zero-order chi connectivity index (χ0) is 22.8. The smallest absolute Gasteiger partial charge is 0.334 e. The van der Waals surface area contributed by atoms with E-state index in [0.29, 0.717) is 0 Å². The number of ether oxygens (including phenoxy) is 4. The third-order valence-corrected chi connectivity index (χ3v) is 5.20. The summed E-state index contributed by atoms with van der Waals surface area (Å²) < 4.78 is 21.2. The van der Waals surface area contributed by atoms with Crippen molar-refractivity contribution >= 4 is 5.97 Å². The predicted molar refractivity (Wildman–Crippen MR) is 93.5 cm³/mol. The molecule has 0 amide bonds. The van der Waals surface area contributed by atoms with E-state index in [0.717, 1.165) is 0 Å². The minimum atomic E-state index is -2.29. The number of hydrogen-bond acceptors (Lipinski definition) is 12. The summed E-state index contributed by atoms with van der Waals surface area (Å²) in [7, 11) is 0. The van der Waals surface area contributed by atoms with E-state index < -0.39 is 80.6 Å². The van der Waals surface area contributed by atoms with Crippen LogP contribution >= 0.6 is 0 Å². The fourth-order valence-electron chi connectivity index (χ4n) is 3.08. The van der Waals surface area contributed by atoms with Crippen molar-refractivity contribution in [3.8, 4) is 0 Å². The van der Waals surface area contributed by atoms with Crippen LogP contribution in [0.5, 0.6) is 0 Å². The Balaban J connectivity index is 2.16. The Hall–Kier alpha value is -1.39. The highest BCUT2D eigenvalue weighted by Crippen LogP contribution is 2.36. The maximum Gasteiger partial charge on any atom is 0.334 e. The van der Waals surface area contributed by atoms with Crippen molar-refractivity contribution in [3.05, 3.63) is 11.3 Å². The first-order valence-electron chi connectivity index (χ1n) is 9.15. The van der Waals surface area contributed by atoms with Crippen molar-refractivity contribution in [2.45, 2.75) is 68.7 Å². The second-order valence-corrected chi connectivity index (χ2v) is 7.17. The summed E-state index contributed by atoms with van der Waals surface area (Å²) in [4.78, 5) is 11.0. The molecule has 2 rings (SSSR count). The van der Waals surface area contributed by atoms with E-state index in [1.807, 2.05) is 0 Å². The van der Waals surface area contributed by atoms with Crippen LogP contribution in [0, 0.1) is 0 Å². The molecule has 2 saturated heterocycles. The molecular weight excluding hydrogens is 412 g/mol. The summed E-state index contributed by atoms with van der Waals surface area (Å²) in [6.45, 7) is 0.529. The van der Waals surface area contributed by atoms with Gasteiger partial charge < -0.3 is 59.8 Å². The molecule has 0 saturated carbocycles. The Labute approximate surface area is 171 Å². The summed E-state index contributed by atoms with van der Waals surface area (Å²) in [6, 6.07) is 0. The van der Waals surface area contributed by atoms with Gasteiger partial charge in [0.25, 0.3) is 0 Å². The Morgan fingerprint density at radius 3 is 2.10 bits per heavy atom. The van der Waals surface area contributed by atoms with E-state index in [1.165, 1.54) is 13.8 Å². The highest BCUT2D eigenvalue weighted by atomic mass is 16.8. The number of hydrogen-bond donors (Lipinski definition) is 8. The molecule has 0 unspecified atom stereocenters. The molecule has 0 radical (unpaired) electrons. The van der Waals surface area contributed by atoms with Crippen LogP contribution in [0.1, 0.15) is 13.8 Å². The lowest BCUT2D eigenvalue weighted by molar-refractivity contribution is -0.383. The number of allylic oxidation sites excluding steroid dienone is 1. The average Bonchev–Trinajstić information content (AvgIpc) is 2.97. The molecule has 2 fully saturated rings. The van der Waals surface area contributed by atoms with Gasteiger partial charge in [-0.15, -0.1) is 0 Å². The van der Waals surface area contributed by atoms with Gasteiger partial charge in [0.2, 0.25) is 5.79 Å². The van der Waals surface area contributed by atoms with Crippen LogP contribution < -0.4 is 0 Å². The molecule has 0 spiro atoms. The summed E-state index contributed by atoms with van der Waals surface area (Å²) in [5.74, 6) is -3.49. The van der Waals surface area contributed by atoms with E-state index in [9.17, 15) is 40.5 Å². The van der Waals surface area contributed by atoms with Gasteiger partial charge in [0.15, 0.2) is 6.29 Å². The lowest BCUT2D eigenvalue weighted by Gasteiger charge is -2.43. The predicted octanol–water partition coefficient (Wildman–Crippen LogP) is -3.99. The molecule has 0 aromatic heterocycles. The van der Waals surface area contributed by atoms with E-state index in [4.69, 9.17) is 24.1 Å². The third kappa shape index (κ3) is 4.75. The Kier molecular flexibility index (Phi) is 8.15. The Morgan fingerprint density at radius 1 is 0.967 bits per heavy atom. The summed E-state index contributed by atoms with van der Waals surface area (Å²) in [5.41, 5.74) is -0.0978. The van der Waals surface area contributed by atoms with Crippen LogP contribution in [0.15, 0.2) is 11.3 Å². The molecule has 9 atom stereocenters. The molecule has 0 bridgehead atoms. The van der Waals surface area contributed by atoms with Crippen LogP contribution in [0.2, 0.25) is 0 Å². The fraction of sp³-hybridized carbons (Fsp3) is 0.824. The summed E-state index contributed by atoms with van der Waals surface area (Å²) >= 11 is 0. The maximum atomic E-state index is 11.0. The quantitative estimate of drug-likeness (QED) is 0.134. The van der Waals surface area contributed by atoms with Crippen LogP contribution in [-0.2, 0) is 23.7 Å². The molecule has 2 aliphatic rings. The number of carboxylic acids is 1. The van der Waals surface area contributed by atoms with Crippen LogP contribution in [0.3, 0.4) is 0 Å². The van der Waals surface area contributed by atoms with Gasteiger partial charge in [0.05, 0.1) is 12.2 Å². The van der Waals surface area contributed by atoms with Crippen LogP contribution in [-0.4, -0.2) is 121 Å². The fourth-order valence-corrected chi connectivity index (χ4v) is 3.08. The normalized spacial score (nSPS) is 42.7. The van der Waals surface area contributed by atoms with Crippen molar-refractivity contribution in [1.29, 1.82) is 0 Å². The lowest BCUT2D eigenvalue weighted by atomic mass is 9.99. The maximum absolute atomic E-state index is 11.0. The van der Waals surface area contributed by atoms with Crippen molar-refractivity contribution in [2.24, 2.45) is 0 Å². The number of rotatable bonds is 8. The first-order chi connectivity index (χ1) is 14.0. The SMILES string of the molecule is CC(OC[C@H]1O[C@H](O[C@]2(CO)O[C@H](CO)[C@@H](O)[C@@H]2O)[C@H](O)[C@@H](O)[C@@H]1O)=C(C)C(=O)O. The Morgan fingerprint density at radius 2 is 1.60 bits per heavy atom. The highest BCUT2D eigenvalue weighted by molar-refractivity contribution is 5.86. The molecule has 0 aromatic carbocycles. The van der Waals surface area contributed by atoms with Crippen LogP contribution in [0.4, 0.5) is 0 Å². The monoisotopic (exact) mass is 440 g/mol. The molecule has 0 aliphatic carbocycles. The van der Waals surface area contributed by atoms with Gasteiger partial charge >= 0.3 is 5.97 Å². The molecular formula is C17H28O13. The van der Waals surface area contributed by atoms with Gasteiger partial charge in [-0.25, -0.2) is 4.79 Å². The average molecular weight is 440 g/mol. The van der Waals surface area contributed by atoms with Crippen molar-refractivity contribution in [1.82, 2.24) is 0 Å². The van der Waals surface area contributed by atoms with Crippen molar-refractivity contribution < 1.29 is 64.6 Å². The van der Waals surface area contributed by atoms with Crippen molar-refractivity contribution in [2.75, 3.05) is 19.8 Å². The van der Waals surface area contributed by atoms with Gasteiger partial charge in [0.1, 0.15) is 61.7 Å². The van der Waals surface area contributed by atoms with Gasteiger partial charge in [-0.05, 0) is 13.8 Å². The van der Waals surface area contributed by atoms with Gasteiger partial charge in [-0.2, -0.15) is 0 Å². The number of aliphatic hydroxyl groups excluding tert-OH is 7. The molecule has 30 heavy (non-hydrogen) atoms.